The lowest BCUT2D eigenvalue weighted by Gasteiger charge is -2.17. The highest BCUT2D eigenvalue weighted by molar-refractivity contribution is 7.87. The van der Waals surface area contributed by atoms with Crippen LogP contribution in [0.25, 0.3) is 6.08 Å². The van der Waals surface area contributed by atoms with Crippen molar-refractivity contribution in [2.75, 3.05) is 0 Å². The first kappa shape index (κ1) is 25.0. The van der Waals surface area contributed by atoms with E-state index in [1.54, 1.807) is 50.3 Å². The molecule has 0 aromatic heterocycles. The van der Waals surface area contributed by atoms with Gasteiger partial charge in [-0.25, -0.2) is 4.79 Å². The Morgan fingerprint density at radius 3 is 2.50 bits per heavy atom. The third kappa shape index (κ3) is 4.57. The highest BCUT2D eigenvalue weighted by atomic mass is 32.2. The Bertz CT molecular complexity index is 1520. The molecule has 0 atom stereocenters. The van der Waals surface area contributed by atoms with E-state index >= 15 is 0 Å². The number of carboxylic acids is 1. The summed E-state index contributed by atoms with van der Waals surface area (Å²) in [5, 5.41) is 22.5. The average Bonchev–Trinajstić information content (AvgIpc) is 3.21. The lowest BCUT2D eigenvalue weighted by Crippen LogP contribution is -2.23. The van der Waals surface area contributed by atoms with Gasteiger partial charge in [-0.05, 0) is 56.0 Å². The normalized spacial score (nSPS) is 13.0. The summed E-state index contributed by atoms with van der Waals surface area (Å²) >= 11 is 0. The minimum Gasteiger partial charge on any atom is -0.545 e. The lowest BCUT2D eigenvalue weighted by molar-refractivity contribution is -0.255. The molecule has 1 heterocycles. The number of hydrogen-bond donors (Lipinski definition) is 1. The lowest BCUT2D eigenvalue weighted by atomic mass is 9.95. The molecule has 9 heteroatoms. The summed E-state index contributed by atoms with van der Waals surface area (Å²) in [6, 6.07) is 10.7. The van der Waals surface area contributed by atoms with Crippen LogP contribution in [0.4, 0.5) is 0 Å². The van der Waals surface area contributed by atoms with Gasteiger partial charge in [0.1, 0.15) is 22.8 Å². The molecular formula is C27H23O8S-. The summed E-state index contributed by atoms with van der Waals surface area (Å²) in [7, 11) is -4.36. The molecule has 8 nitrogen and oxygen atoms in total. The van der Waals surface area contributed by atoms with Crippen LogP contribution >= 0.6 is 0 Å². The Morgan fingerprint density at radius 2 is 1.83 bits per heavy atom. The first-order chi connectivity index (χ1) is 17.0. The van der Waals surface area contributed by atoms with Crippen molar-refractivity contribution >= 4 is 28.1 Å². The van der Waals surface area contributed by atoms with E-state index in [1.807, 2.05) is 6.92 Å². The molecule has 1 N–H and O–H groups in total. The second kappa shape index (κ2) is 9.50. The number of cyclic esters (lactones) is 1. The van der Waals surface area contributed by atoms with E-state index in [9.17, 15) is 28.2 Å². The summed E-state index contributed by atoms with van der Waals surface area (Å²) in [6.07, 6.45) is 3.03. The van der Waals surface area contributed by atoms with Gasteiger partial charge in [0.25, 0.3) is 0 Å². The summed E-state index contributed by atoms with van der Waals surface area (Å²) < 4.78 is 36.7. The number of fused-ring (bicyclic) bond motifs is 1. The van der Waals surface area contributed by atoms with Gasteiger partial charge in [-0.15, -0.1) is 0 Å². The maximum atomic E-state index is 13.1. The Hall–Kier alpha value is -4.11. The first-order valence-electron chi connectivity index (χ1n) is 11.0. The fourth-order valence-electron chi connectivity index (χ4n) is 4.08. The summed E-state index contributed by atoms with van der Waals surface area (Å²) in [4.78, 5) is 24.0. The van der Waals surface area contributed by atoms with Crippen LogP contribution in [0.3, 0.4) is 0 Å². The number of hydrogen-bond acceptors (Lipinski definition) is 8. The predicted molar refractivity (Wildman–Crippen MR) is 129 cm³/mol. The zero-order valence-corrected chi connectivity index (χ0v) is 20.6. The molecule has 0 radical (unpaired) electrons. The number of rotatable bonds is 7. The minimum absolute atomic E-state index is 0.0115. The molecule has 0 amide bonds. The van der Waals surface area contributed by atoms with Gasteiger partial charge in [-0.3, -0.25) is 0 Å². The number of phenolic OH excluding ortho intramolecular Hbond substituents is 1. The Kier molecular flexibility index (Phi) is 6.60. The Morgan fingerprint density at radius 1 is 1.14 bits per heavy atom. The van der Waals surface area contributed by atoms with E-state index in [4.69, 9.17) is 8.92 Å². The minimum atomic E-state index is -4.36. The van der Waals surface area contributed by atoms with Gasteiger partial charge in [-0.2, -0.15) is 8.42 Å². The summed E-state index contributed by atoms with van der Waals surface area (Å²) in [5.41, 5.74) is 2.64. The second-order valence-electron chi connectivity index (χ2n) is 8.49. The van der Waals surface area contributed by atoms with Crippen molar-refractivity contribution in [1.82, 2.24) is 0 Å². The van der Waals surface area contributed by atoms with Crippen LogP contribution in [0.2, 0.25) is 0 Å². The van der Waals surface area contributed by atoms with Crippen molar-refractivity contribution in [3.63, 3.8) is 0 Å². The van der Waals surface area contributed by atoms with Crippen molar-refractivity contribution in [3.8, 4) is 11.5 Å². The number of phenols is 1. The molecular weight excluding hydrogens is 484 g/mol. The first-order valence-corrected chi connectivity index (χ1v) is 12.4. The molecule has 0 aliphatic carbocycles. The molecule has 3 aromatic rings. The van der Waals surface area contributed by atoms with E-state index in [0.717, 1.165) is 5.56 Å². The predicted octanol–water partition coefficient (Wildman–Crippen LogP) is 3.37. The number of esters is 1. The quantitative estimate of drug-likeness (QED) is 0.381. The van der Waals surface area contributed by atoms with Gasteiger partial charge in [-0.1, -0.05) is 48.0 Å². The van der Waals surface area contributed by atoms with Gasteiger partial charge in [0.15, 0.2) is 5.75 Å². The zero-order valence-electron chi connectivity index (χ0n) is 19.8. The summed E-state index contributed by atoms with van der Waals surface area (Å²) in [6.45, 7) is 5.02. The smallest absolute Gasteiger partial charge is 0.342 e. The number of ether oxygens (including phenoxy) is 1. The number of carboxylic acid groups (broad SMARTS) is 1. The molecule has 0 unspecified atom stereocenters. The van der Waals surface area contributed by atoms with Crippen LogP contribution in [0.5, 0.6) is 11.5 Å². The van der Waals surface area contributed by atoms with E-state index < -0.39 is 22.1 Å². The fourth-order valence-corrected chi connectivity index (χ4v) is 5.05. The Balaban J connectivity index is 1.81. The summed E-state index contributed by atoms with van der Waals surface area (Å²) in [5.74, 6) is -2.66. The van der Waals surface area contributed by atoms with Crippen LogP contribution in [0.15, 0.2) is 53.4 Å². The number of carbonyl (C=O) groups excluding carboxylic acids is 2. The maximum absolute atomic E-state index is 13.1. The van der Waals surface area contributed by atoms with Gasteiger partial charge in [0, 0.05) is 16.7 Å². The van der Waals surface area contributed by atoms with Gasteiger partial charge in [0.2, 0.25) is 0 Å². The van der Waals surface area contributed by atoms with E-state index in [-0.39, 0.29) is 46.1 Å². The molecule has 36 heavy (non-hydrogen) atoms. The topological polar surface area (TPSA) is 130 Å². The third-order valence-electron chi connectivity index (χ3n) is 6.10. The van der Waals surface area contributed by atoms with E-state index in [1.165, 1.54) is 18.2 Å². The standard InChI is InChI=1S/C27H24O8S/c1-15-10-12-18(13-11-15)36(32,33)35-25-21(24(28)17(3)22-14-34-27(31)23(22)25)9-5-7-19-16(2)6-4-8-20(19)26(29)30/h4-8,10-13,28H,9,14H2,1-3H3,(H,29,30)/p-1/b7-5+. The average molecular weight is 508 g/mol. The molecule has 3 aromatic carbocycles. The van der Waals surface area contributed by atoms with E-state index in [0.29, 0.717) is 22.3 Å². The van der Waals surface area contributed by atoms with Crippen LogP contribution in [-0.2, 0) is 27.9 Å². The van der Waals surface area contributed by atoms with Crippen LogP contribution in [0.1, 0.15) is 54.1 Å². The number of carbonyl (C=O) groups is 2. The van der Waals surface area contributed by atoms with Gasteiger partial charge < -0.3 is 23.9 Å². The van der Waals surface area contributed by atoms with Crippen molar-refractivity contribution in [3.05, 3.63) is 93.0 Å². The van der Waals surface area contributed by atoms with Crippen LogP contribution < -0.4 is 9.29 Å². The molecule has 0 saturated carbocycles. The number of allylic oxidation sites excluding steroid dienone is 1. The number of aryl methyl sites for hydroxylation is 2. The Labute approximate surface area is 208 Å². The van der Waals surface area contributed by atoms with Crippen LogP contribution in [0, 0.1) is 20.8 Å². The molecule has 0 bridgehead atoms. The number of aromatic hydroxyl groups is 1. The van der Waals surface area contributed by atoms with Crippen molar-refractivity contribution < 1.29 is 37.1 Å². The highest BCUT2D eigenvalue weighted by Crippen LogP contribution is 2.43. The molecule has 0 saturated heterocycles. The molecule has 186 valence electrons. The monoisotopic (exact) mass is 507 g/mol. The maximum Gasteiger partial charge on any atom is 0.342 e. The van der Waals surface area contributed by atoms with Crippen molar-refractivity contribution in [2.24, 2.45) is 0 Å². The van der Waals surface area contributed by atoms with Crippen molar-refractivity contribution in [1.29, 1.82) is 0 Å². The second-order valence-corrected chi connectivity index (χ2v) is 10.0. The van der Waals surface area contributed by atoms with Gasteiger partial charge >= 0.3 is 16.1 Å². The fraction of sp³-hybridized carbons (Fsp3) is 0.185. The molecule has 0 spiro atoms. The molecule has 4 rings (SSSR count). The number of benzene rings is 3. The highest BCUT2D eigenvalue weighted by Gasteiger charge is 2.35. The zero-order chi connectivity index (χ0) is 26.2. The third-order valence-corrected chi connectivity index (χ3v) is 7.34. The van der Waals surface area contributed by atoms with E-state index in [2.05, 4.69) is 0 Å². The molecule has 1 aliphatic heterocycles. The number of aromatic carboxylic acids is 1. The van der Waals surface area contributed by atoms with Crippen molar-refractivity contribution in [2.45, 2.75) is 38.7 Å². The molecule has 1 aliphatic rings. The molecule has 0 fully saturated rings. The largest absolute Gasteiger partial charge is 0.545 e. The van der Waals surface area contributed by atoms with Crippen LogP contribution in [-0.4, -0.2) is 25.5 Å². The SMILES string of the molecule is Cc1ccc(S(=O)(=O)Oc2c(C/C=C/c3c(C)cccc3C(=O)[O-])c(O)c(C)c3c2C(=O)OC3)cc1. The van der Waals surface area contributed by atoms with Gasteiger partial charge in [0.05, 0.1) is 5.97 Å².